The second-order valence-electron chi connectivity index (χ2n) is 7.26. The number of esters is 1. The van der Waals surface area contributed by atoms with Gasteiger partial charge in [-0.3, -0.25) is 4.79 Å². The molecule has 2 heteroatoms. The molecule has 0 aromatic rings. The maximum absolute atomic E-state index is 11.6. The summed E-state index contributed by atoms with van der Waals surface area (Å²) in [6.45, 7) is 14.2. The average molecular weight is 331 g/mol. The smallest absolute Gasteiger partial charge is 0.303 e. The molecule has 0 heterocycles. The molecule has 2 unspecified atom stereocenters. The monoisotopic (exact) mass is 330 g/mol. The van der Waals surface area contributed by atoms with E-state index in [0.29, 0.717) is 0 Å². The Labute approximate surface area is 148 Å². The van der Waals surface area contributed by atoms with Crippen molar-refractivity contribution in [1.29, 1.82) is 0 Å². The van der Waals surface area contributed by atoms with E-state index in [2.05, 4.69) is 45.6 Å². The Morgan fingerprint density at radius 2 is 1.54 bits per heavy atom. The van der Waals surface area contributed by atoms with Crippen LogP contribution in [-0.2, 0) is 9.53 Å². The van der Waals surface area contributed by atoms with E-state index in [9.17, 15) is 4.79 Å². The van der Waals surface area contributed by atoms with Gasteiger partial charge in [0.15, 0.2) is 0 Å². The Morgan fingerprint density at radius 3 is 2.08 bits per heavy atom. The first kappa shape index (κ1) is 20.5. The molecule has 0 aliphatic heterocycles. The summed E-state index contributed by atoms with van der Waals surface area (Å²) in [5, 5.41) is 0. The highest BCUT2D eigenvalue weighted by molar-refractivity contribution is 5.66. The van der Waals surface area contributed by atoms with E-state index in [-0.39, 0.29) is 18.0 Å². The Balaban J connectivity index is 3.08. The van der Waals surface area contributed by atoms with E-state index in [1.54, 1.807) is 0 Å². The van der Waals surface area contributed by atoms with Crippen molar-refractivity contribution >= 4 is 5.97 Å². The van der Waals surface area contributed by atoms with Crippen molar-refractivity contribution in [3.63, 3.8) is 0 Å². The first-order chi connectivity index (χ1) is 11.3. The summed E-state index contributed by atoms with van der Waals surface area (Å²) >= 11 is 0. The van der Waals surface area contributed by atoms with Gasteiger partial charge in [0.2, 0.25) is 0 Å². The molecule has 24 heavy (non-hydrogen) atoms. The molecule has 0 N–H and O–H groups in total. The van der Waals surface area contributed by atoms with Crippen LogP contribution in [0.1, 0.15) is 73.1 Å². The Bertz CT molecular complexity index is 534. The van der Waals surface area contributed by atoms with Crippen LogP contribution < -0.4 is 0 Å². The minimum Gasteiger partial charge on any atom is -0.458 e. The van der Waals surface area contributed by atoms with Gasteiger partial charge in [-0.05, 0) is 72.3 Å². The van der Waals surface area contributed by atoms with Crippen LogP contribution in [0.3, 0.4) is 0 Å². The lowest BCUT2D eigenvalue weighted by Gasteiger charge is -2.26. The fourth-order valence-electron chi connectivity index (χ4n) is 3.16. The third-order valence-electron chi connectivity index (χ3n) is 4.69. The second-order valence-corrected chi connectivity index (χ2v) is 7.26. The summed E-state index contributed by atoms with van der Waals surface area (Å²) in [6.07, 6.45) is 12.9. The molecule has 0 fully saturated rings. The van der Waals surface area contributed by atoms with E-state index >= 15 is 0 Å². The lowest BCUT2D eigenvalue weighted by molar-refractivity contribution is -0.145. The normalized spacial score (nSPS) is 30.6. The standard InChI is InChI=1S/C22H34O2/c1-16(2)21-14-13-18(4)11-7-9-17(3)10-8-12-19(5)15-22(21)24-20(6)23/h10-11,15,21-22H,1,7-9,12-14H2,2-6H3/b17-10+,18-11+,19-15+. The summed E-state index contributed by atoms with van der Waals surface area (Å²) in [4.78, 5) is 11.6. The highest BCUT2D eigenvalue weighted by Crippen LogP contribution is 2.27. The molecule has 0 aromatic heterocycles. The van der Waals surface area contributed by atoms with Gasteiger partial charge >= 0.3 is 5.97 Å². The average Bonchev–Trinajstić information content (AvgIpc) is 2.45. The fourth-order valence-corrected chi connectivity index (χ4v) is 3.16. The minimum absolute atomic E-state index is 0.174. The summed E-state index contributed by atoms with van der Waals surface area (Å²) in [5.74, 6) is -0.0492. The minimum atomic E-state index is -0.223. The van der Waals surface area contributed by atoms with Crippen LogP contribution in [0.2, 0.25) is 0 Å². The third-order valence-corrected chi connectivity index (χ3v) is 4.69. The molecule has 2 nitrogen and oxygen atoms in total. The molecular weight excluding hydrogens is 296 g/mol. The summed E-state index contributed by atoms with van der Waals surface area (Å²) in [6, 6.07) is 0. The van der Waals surface area contributed by atoms with Gasteiger partial charge < -0.3 is 4.74 Å². The van der Waals surface area contributed by atoms with Gasteiger partial charge in [-0.15, -0.1) is 0 Å². The number of carbonyl (C=O) groups is 1. The van der Waals surface area contributed by atoms with E-state index in [1.807, 2.05) is 6.92 Å². The molecule has 0 bridgehead atoms. The molecule has 1 aliphatic carbocycles. The van der Waals surface area contributed by atoms with Crippen LogP contribution in [0.5, 0.6) is 0 Å². The highest BCUT2D eigenvalue weighted by atomic mass is 16.5. The predicted molar refractivity (Wildman–Crippen MR) is 103 cm³/mol. The van der Waals surface area contributed by atoms with E-state index < -0.39 is 0 Å². The van der Waals surface area contributed by atoms with Crippen LogP contribution in [0.4, 0.5) is 0 Å². The number of rotatable bonds is 2. The molecule has 1 rings (SSSR count). The SMILES string of the molecule is C=C(C)C1CC/C(C)=C/CC/C(C)=C/CC/C(C)=C/C1OC(C)=O. The molecule has 1 aliphatic rings. The van der Waals surface area contributed by atoms with E-state index in [1.165, 1.54) is 23.6 Å². The molecular formula is C22H34O2. The van der Waals surface area contributed by atoms with Gasteiger partial charge in [0.05, 0.1) is 0 Å². The topological polar surface area (TPSA) is 26.3 Å². The molecule has 0 saturated heterocycles. The summed E-state index contributed by atoms with van der Waals surface area (Å²) in [5.41, 5.74) is 5.23. The van der Waals surface area contributed by atoms with Crippen molar-refractivity contribution < 1.29 is 9.53 Å². The number of hydrogen-bond acceptors (Lipinski definition) is 2. The van der Waals surface area contributed by atoms with Gasteiger partial charge in [0.1, 0.15) is 6.10 Å². The summed E-state index contributed by atoms with van der Waals surface area (Å²) < 4.78 is 5.64. The van der Waals surface area contributed by atoms with Crippen molar-refractivity contribution in [2.75, 3.05) is 0 Å². The molecule has 0 amide bonds. The highest BCUT2D eigenvalue weighted by Gasteiger charge is 2.23. The van der Waals surface area contributed by atoms with Gasteiger partial charge in [-0.2, -0.15) is 0 Å². The van der Waals surface area contributed by atoms with Crippen LogP contribution in [0.15, 0.2) is 47.1 Å². The largest absolute Gasteiger partial charge is 0.458 e. The molecule has 0 aromatic carbocycles. The van der Waals surface area contributed by atoms with E-state index in [4.69, 9.17) is 4.74 Å². The van der Waals surface area contributed by atoms with Crippen LogP contribution in [0, 0.1) is 5.92 Å². The third kappa shape index (κ3) is 7.81. The Hall–Kier alpha value is -1.57. The van der Waals surface area contributed by atoms with Crippen LogP contribution in [-0.4, -0.2) is 12.1 Å². The first-order valence-corrected chi connectivity index (χ1v) is 9.10. The zero-order valence-electron chi connectivity index (χ0n) is 16.2. The Morgan fingerprint density at radius 1 is 1.00 bits per heavy atom. The second kappa shape index (κ2) is 10.3. The molecule has 0 radical (unpaired) electrons. The van der Waals surface area contributed by atoms with Crippen molar-refractivity contribution in [2.45, 2.75) is 79.2 Å². The molecule has 0 saturated carbocycles. The fraction of sp³-hybridized carbons (Fsp3) is 0.591. The van der Waals surface area contributed by atoms with Gasteiger partial charge in [-0.25, -0.2) is 0 Å². The zero-order chi connectivity index (χ0) is 18.1. The molecule has 2 atom stereocenters. The van der Waals surface area contributed by atoms with Gasteiger partial charge in [0.25, 0.3) is 0 Å². The van der Waals surface area contributed by atoms with Crippen LogP contribution >= 0.6 is 0 Å². The van der Waals surface area contributed by atoms with Gasteiger partial charge in [-0.1, -0.05) is 41.0 Å². The lowest BCUT2D eigenvalue weighted by atomic mass is 9.87. The first-order valence-electron chi connectivity index (χ1n) is 9.10. The Kier molecular flexibility index (Phi) is 8.81. The van der Waals surface area contributed by atoms with E-state index in [0.717, 1.165) is 44.1 Å². The van der Waals surface area contributed by atoms with Crippen molar-refractivity contribution in [1.82, 2.24) is 0 Å². The maximum atomic E-state index is 11.6. The van der Waals surface area contributed by atoms with Crippen molar-refractivity contribution in [3.8, 4) is 0 Å². The van der Waals surface area contributed by atoms with Crippen LogP contribution in [0.25, 0.3) is 0 Å². The van der Waals surface area contributed by atoms with Crippen molar-refractivity contribution in [3.05, 3.63) is 47.1 Å². The zero-order valence-corrected chi connectivity index (χ0v) is 16.2. The number of carbonyl (C=O) groups excluding carboxylic acids is 1. The maximum Gasteiger partial charge on any atom is 0.303 e. The molecule has 0 spiro atoms. The number of hydrogen-bond donors (Lipinski definition) is 0. The number of allylic oxidation sites excluding steroid dienone is 5. The predicted octanol–water partition coefficient (Wildman–Crippen LogP) is 6.30. The summed E-state index contributed by atoms with van der Waals surface area (Å²) in [7, 11) is 0. The number of ether oxygens (including phenoxy) is 1. The lowest BCUT2D eigenvalue weighted by Crippen LogP contribution is -2.25. The van der Waals surface area contributed by atoms with Crippen molar-refractivity contribution in [2.24, 2.45) is 5.92 Å². The quantitative estimate of drug-likeness (QED) is 0.438. The van der Waals surface area contributed by atoms with Gasteiger partial charge in [0, 0.05) is 12.8 Å². The molecule has 134 valence electrons.